The third-order valence-electron chi connectivity index (χ3n) is 4.13. The fourth-order valence-electron chi connectivity index (χ4n) is 2.77. The third-order valence-corrected chi connectivity index (χ3v) is 4.60. The first kappa shape index (κ1) is 19.9. The van der Waals surface area contributed by atoms with Gasteiger partial charge in [-0.1, -0.05) is 35.3 Å². The van der Waals surface area contributed by atoms with Crippen molar-refractivity contribution in [2.75, 3.05) is 5.32 Å². The van der Waals surface area contributed by atoms with Gasteiger partial charge in [0.2, 0.25) is 5.96 Å². The molecule has 1 aromatic heterocycles. The van der Waals surface area contributed by atoms with Crippen LogP contribution in [0.4, 0.5) is 15.9 Å². The van der Waals surface area contributed by atoms with Crippen LogP contribution in [-0.2, 0) is 0 Å². The van der Waals surface area contributed by atoms with E-state index in [1.54, 1.807) is 24.3 Å². The van der Waals surface area contributed by atoms with Gasteiger partial charge in [0.25, 0.3) is 5.91 Å². The number of nitrogens with zero attached hydrogens (tertiary/aromatic N) is 2. The largest absolute Gasteiger partial charge is 0.325 e. The van der Waals surface area contributed by atoms with Gasteiger partial charge in [-0.3, -0.25) is 15.2 Å². The zero-order valence-corrected chi connectivity index (χ0v) is 16.8. The summed E-state index contributed by atoms with van der Waals surface area (Å²) in [5, 5.41) is 14.1. The van der Waals surface area contributed by atoms with E-state index in [0.717, 1.165) is 10.9 Å². The average Bonchev–Trinajstić information content (AvgIpc) is 3.10. The van der Waals surface area contributed by atoms with Crippen LogP contribution in [0, 0.1) is 5.82 Å². The Balaban J connectivity index is 1.70. The predicted molar refractivity (Wildman–Crippen MR) is 117 cm³/mol. The van der Waals surface area contributed by atoms with Crippen molar-refractivity contribution in [3.05, 3.63) is 88.2 Å². The summed E-state index contributed by atoms with van der Waals surface area (Å²) in [7, 11) is 0. The second-order valence-electron chi connectivity index (χ2n) is 6.30. The Bertz CT molecular complexity index is 1230. The monoisotopic (exact) mass is 441 g/mol. The van der Waals surface area contributed by atoms with E-state index in [1.807, 2.05) is 24.3 Å². The molecular weight excluding hydrogens is 428 g/mol. The van der Waals surface area contributed by atoms with Gasteiger partial charge in [0.15, 0.2) is 5.82 Å². The molecule has 3 N–H and O–H groups in total. The number of carbonyl (C=O) groups is 1. The Morgan fingerprint density at radius 3 is 2.53 bits per heavy atom. The van der Waals surface area contributed by atoms with Crippen LogP contribution in [0.15, 0.2) is 71.7 Å². The molecule has 6 nitrogen and oxygen atoms in total. The van der Waals surface area contributed by atoms with Gasteiger partial charge >= 0.3 is 0 Å². The quantitative estimate of drug-likeness (QED) is 0.288. The van der Waals surface area contributed by atoms with Gasteiger partial charge in [0.1, 0.15) is 5.82 Å². The van der Waals surface area contributed by atoms with Crippen LogP contribution >= 0.6 is 23.2 Å². The van der Waals surface area contributed by atoms with Crippen molar-refractivity contribution < 1.29 is 9.18 Å². The number of anilines is 1. The highest BCUT2D eigenvalue weighted by atomic mass is 35.5. The molecule has 0 aliphatic rings. The number of aromatic nitrogens is 2. The molecule has 0 saturated carbocycles. The van der Waals surface area contributed by atoms with E-state index in [-0.39, 0.29) is 11.0 Å². The maximum absolute atomic E-state index is 13.7. The Hall–Kier alpha value is -3.42. The molecule has 0 bridgehead atoms. The van der Waals surface area contributed by atoms with Crippen LogP contribution in [0.25, 0.3) is 10.9 Å². The molecule has 1 amide bonds. The number of rotatable bonds is 3. The smallest absolute Gasteiger partial charge is 0.257 e. The summed E-state index contributed by atoms with van der Waals surface area (Å²) in [5.74, 6) is -0.556. The normalized spacial score (nSPS) is 11.5. The third kappa shape index (κ3) is 4.59. The van der Waals surface area contributed by atoms with Gasteiger partial charge in [-0.25, -0.2) is 4.39 Å². The lowest BCUT2D eigenvalue weighted by molar-refractivity contribution is 0.0977. The average molecular weight is 442 g/mol. The highest BCUT2D eigenvalue weighted by Gasteiger charge is 2.13. The number of fused-ring (bicyclic) bond motifs is 1. The van der Waals surface area contributed by atoms with Crippen molar-refractivity contribution in [2.24, 2.45) is 4.99 Å². The molecule has 1 heterocycles. The molecule has 0 saturated heterocycles. The lowest BCUT2D eigenvalue weighted by Crippen LogP contribution is -2.35. The number of halogens is 3. The van der Waals surface area contributed by atoms with E-state index in [0.29, 0.717) is 22.1 Å². The molecule has 0 atom stereocenters. The summed E-state index contributed by atoms with van der Waals surface area (Å²) < 4.78 is 13.7. The number of guanidine groups is 1. The number of benzene rings is 3. The van der Waals surface area contributed by atoms with E-state index >= 15 is 0 Å². The van der Waals surface area contributed by atoms with E-state index in [2.05, 4.69) is 25.8 Å². The molecule has 4 rings (SSSR count). The van der Waals surface area contributed by atoms with Crippen LogP contribution in [0.3, 0.4) is 0 Å². The summed E-state index contributed by atoms with van der Waals surface area (Å²) in [6, 6.07) is 17.7. The fourth-order valence-corrected chi connectivity index (χ4v) is 3.12. The molecule has 9 heteroatoms. The molecule has 0 fully saturated rings. The van der Waals surface area contributed by atoms with Crippen molar-refractivity contribution in [3.63, 3.8) is 0 Å². The van der Waals surface area contributed by atoms with Crippen LogP contribution in [0.2, 0.25) is 10.0 Å². The minimum Gasteiger partial charge on any atom is -0.325 e. The standard InChI is InChI=1S/C21H14Cl2FN5O/c22-13-7-5-12(6-8-13)20(30)27-21(25-16-10-14(23)9-15(24)11-16)26-19-17-3-1-2-4-18(17)28-29-19/h1-11H,(H3,25,26,27,28,29,30). The maximum atomic E-state index is 13.7. The second-order valence-corrected chi connectivity index (χ2v) is 7.17. The van der Waals surface area contributed by atoms with Crippen LogP contribution in [0.1, 0.15) is 10.4 Å². The number of aliphatic imine (C=N–C) groups is 1. The Morgan fingerprint density at radius 2 is 1.77 bits per heavy atom. The minimum absolute atomic E-state index is 0.0499. The SMILES string of the molecule is O=C(NC(=Nc1n[nH]c2ccccc12)Nc1cc(F)cc(Cl)c1)c1ccc(Cl)cc1. The number of amides is 1. The molecule has 30 heavy (non-hydrogen) atoms. The number of hydrogen-bond acceptors (Lipinski definition) is 3. The van der Waals surface area contributed by atoms with Crippen molar-refractivity contribution in [1.82, 2.24) is 15.5 Å². The van der Waals surface area contributed by atoms with E-state index < -0.39 is 11.7 Å². The molecule has 3 aromatic carbocycles. The van der Waals surface area contributed by atoms with E-state index in [4.69, 9.17) is 23.2 Å². The number of nitrogens with one attached hydrogen (secondary N) is 3. The molecule has 0 unspecified atom stereocenters. The first-order valence-electron chi connectivity index (χ1n) is 8.80. The first-order chi connectivity index (χ1) is 14.5. The van der Waals surface area contributed by atoms with Gasteiger partial charge < -0.3 is 5.32 Å². The first-order valence-corrected chi connectivity index (χ1v) is 9.55. The molecule has 0 aliphatic carbocycles. The van der Waals surface area contributed by atoms with Crippen LogP contribution in [0.5, 0.6) is 0 Å². The predicted octanol–water partition coefficient (Wildman–Crippen LogP) is 5.54. The fraction of sp³-hybridized carbons (Fsp3) is 0. The summed E-state index contributed by atoms with van der Waals surface area (Å²) in [6.07, 6.45) is 0. The molecule has 0 radical (unpaired) electrons. The van der Waals surface area contributed by atoms with Crippen LogP contribution in [-0.4, -0.2) is 22.1 Å². The zero-order chi connectivity index (χ0) is 21.1. The Labute approximate surface area is 180 Å². The minimum atomic E-state index is -0.529. The zero-order valence-electron chi connectivity index (χ0n) is 15.3. The van der Waals surface area contributed by atoms with Crippen LogP contribution < -0.4 is 10.6 Å². The second kappa shape index (κ2) is 8.52. The topological polar surface area (TPSA) is 82.2 Å². The van der Waals surface area contributed by atoms with Crippen molar-refractivity contribution >= 4 is 57.5 Å². The van der Waals surface area contributed by atoms with E-state index in [1.165, 1.54) is 18.2 Å². The van der Waals surface area contributed by atoms with Gasteiger partial charge in [-0.05, 0) is 54.6 Å². The Morgan fingerprint density at radius 1 is 1.00 bits per heavy atom. The summed E-state index contributed by atoms with van der Waals surface area (Å²) in [5.41, 5.74) is 1.47. The van der Waals surface area contributed by atoms with Crippen molar-refractivity contribution in [1.29, 1.82) is 0 Å². The van der Waals surface area contributed by atoms with Gasteiger partial charge in [-0.2, -0.15) is 10.1 Å². The molecular formula is C21H14Cl2FN5O. The number of H-pyrrole nitrogens is 1. The highest BCUT2D eigenvalue weighted by molar-refractivity contribution is 6.31. The lowest BCUT2D eigenvalue weighted by atomic mass is 10.2. The number of aromatic amines is 1. The molecule has 150 valence electrons. The van der Waals surface area contributed by atoms with Gasteiger partial charge in [0, 0.05) is 26.7 Å². The van der Waals surface area contributed by atoms with E-state index in [9.17, 15) is 9.18 Å². The highest BCUT2D eigenvalue weighted by Crippen LogP contribution is 2.23. The summed E-state index contributed by atoms with van der Waals surface area (Å²) in [6.45, 7) is 0. The summed E-state index contributed by atoms with van der Waals surface area (Å²) >= 11 is 11.8. The summed E-state index contributed by atoms with van der Waals surface area (Å²) in [4.78, 5) is 17.1. The van der Waals surface area contributed by atoms with Gasteiger partial charge in [-0.15, -0.1) is 0 Å². The van der Waals surface area contributed by atoms with Crippen molar-refractivity contribution in [2.45, 2.75) is 0 Å². The number of para-hydroxylation sites is 1. The van der Waals surface area contributed by atoms with Gasteiger partial charge in [0.05, 0.1) is 5.52 Å². The van der Waals surface area contributed by atoms with Crippen molar-refractivity contribution in [3.8, 4) is 0 Å². The molecule has 4 aromatic rings. The Kier molecular flexibility index (Phi) is 5.65. The number of carbonyl (C=O) groups excluding carboxylic acids is 1. The molecule has 0 aliphatic heterocycles. The number of hydrogen-bond donors (Lipinski definition) is 3. The maximum Gasteiger partial charge on any atom is 0.257 e. The molecule has 0 spiro atoms. The lowest BCUT2D eigenvalue weighted by Gasteiger charge is -2.12.